The van der Waals surface area contributed by atoms with E-state index in [-0.39, 0.29) is 0 Å². The number of benzene rings is 8. The van der Waals surface area contributed by atoms with Crippen molar-refractivity contribution in [3.63, 3.8) is 0 Å². The average Bonchev–Trinajstić information content (AvgIpc) is 4.03. The molecule has 8 aromatic carbocycles. The van der Waals surface area contributed by atoms with E-state index in [2.05, 4.69) is 173 Å². The Morgan fingerprint density at radius 1 is 0.328 bits per heavy atom. The quantitative estimate of drug-likeness (QED) is 0.180. The van der Waals surface area contributed by atoms with Crippen LogP contribution < -0.4 is 0 Å². The van der Waals surface area contributed by atoms with Crippen LogP contribution >= 0.6 is 0 Å². The predicted octanol–water partition coefficient (Wildman–Crippen LogP) is 14.4. The summed E-state index contributed by atoms with van der Waals surface area (Å²) in [6.07, 6.45) is 0. The minimum atomic E-state index is 0.860. The fraction of sp³-hybridized carbons (Fsp3) is 0. The predicted molar refractivity (Wildman–Crippen MR) is 238 cm³/mol. The first-order valence-corrected chi connectivity index (χ1v) is 19.6. The highest BCUT2D eigenvalue weighted by molar-refractivity contribution is 6.26. The van der Waals surface area contributed by atoms with Crippen molar-refractivity contribution in [1.29, 1.82) is 0 Å². The Bertz CT molecular complexity index is 3670. The molecule has 58 heavy (non-hydrogen) atoms. The minimum Gasteiger partial charge on any atom is -0.456 e. The van der Waals surface area contributed by atoms with E-state index in [0.29, 0.717) is 0 Å². The van der Waals surface area contributed by atoms with Crippen molar-refractivity contribution >= 4 is 87.5 Å². The molecule has 0 amide bonds. The summed E-state index contributed by atoms with van der Waals surface area (Å²) >= 11 is 0. The lowest BCUT2D eigenvalue weighted by Gasteiger charge is -2.14. The van der Waals surface area contributed by atoms with Crippen LogP contribution in [0, 0.1) is 0 Å². The Kier molecular flexibility index (Phi) is 6.38. The number of fused-ring (bicyclic) bond motifs is 13. The molecule has 0 saturated carbocycles. The van der Waals surface area contributed by atoms with Gasteiger partial charge in [0.1, 0.15) is 22.3 Å². The smallest absolute Gasteiger partial charge is 0.135 e. The number of para-hydroxylation sites is 5. The minimum absolute atomic E-state index is 0.860. The Hall–Kier alpha value is -7.89. The van der Waals surface area contributed by atoms with Crippen molar-refractivity contribution < 1.29 is 8.83 Å². The van der Waals surface area contributed by atoms with Gasteiger partial charge in [0.2, 0.25) is 0 Å². The summed E-state index contributed by atoms with van der Waals surface area (Å²) in [5.41, 5.74) is 14.1. The van der Waals surface area contributed by atoms with E-state index in [9.17, 15) is 0 Å². The monoisotopic (exact) mass is 741 g/mol. The Labute approximate surface area is 331 Å². The van der Waals surface area contributed by atoms with Crippen LogP contribution in [-0.2, 0) is 0 Å². The molecule has 0 aliphatic carbocycles. The van der Waals surface area contributed by atoms with Gasteiger partial charge in [-0.05, 0) is 91.0 Å². The molecule has 0 aliphatic heterocycles. The fourth-order valence-corrected chi connectivity index (χ4v) is 9.34. The lowest BCUT2D eigenvalue weighted by atomic mass is 10.0. The molecule has 270 valence electrons. The maximum Gasteiger partial charge on any atom is 0.135 e. The number of pyridine rings is 1. The third kappa shape index (κ3) is 4.44. The van der Waals surface area contributed by atoms with Crippen LogP contribution in [0.3, 0.4) is 0 Å². The Balaban J connectivity index is 1.13. The zero-order valence-electron chi connectivity index (χ0n) is 31.1. The molecule has 0 aliphatic rings. The maximum atomic E-state index is 6.25. The second-order valence-electron chi connectivity index (χ2n) is 15.1. The van der Waals surface area contributed by atoms with E-state index in [0.717, 1.165) is 88.8 Å². The number of hydrogen-bond acceptors (Lipinski definition) is 3. The third-order valence-corrected chi connectivity index (χ3v) is 11.9. The van der Waals surface area contributed by atoms with Gasteiger partial charge in [-0.15, -0.1) is 0 Å². The van der Waals surface area contributed by atoms with Gasteiger partial charge in [0.05, 0.1) is 39.1 Å². The van der Waals surface area contributed by atoms with Gasteiger partial charge in [-0.1, -0.05) is 97.1 Å². The van der Waals surface area contributed by atoms with Crippen molar-refractivity contribution in [3.8, 4) is 33.9 Å². The summed E-state index contributed by atoms with van der Waals surface area (Å²) in [5.74, 6) is 0. The number of nitrogens with zero attached hydrogens (tertiary/aromatic N) is 3. The molecule has 0 bridgehead atoms. The molecule has 0 atom stereocenters. The molecule has 0 N–H and O–H groups in total. The largest absolute Gasteiger partial charge is 0.456 e. The van der Waals surface area contributed by atoms with E-state index < -0.39 is 0 Å². The van der Waals surface area contributed by atoms with Crippen LogP contribution in [0.25, 0.3) is 121 Å². The van der Waals surface area contributed by atoms with Gasteiger partial charge in [-0.25, -0.2) is 4.98 Å². The van der Waals surface area contributed by atoms with Gasteiger partial charge in [0.25, 0.3) is 0 Å². The van der Waals surface area contributed by atoms with Crippen molar-refractivity contribution in [2.45, 2.75) is 0 Å². The number of rotatable bonds is 4. The lowest BCUT2D eigenvalue weighted by molar-refractivity contribution is 0.668. The summed E-state index contributed by atoms with van der Waals surface area (Å²) in [5, 5.41) is 9.19. The fourth-order valence-electron chi connectivity index (χ4n) is 9.34. The zero-order valence-corrected chi connectivity index (χ0v) is 31.1. The summed E-state index contributed by atoms with van der Waals surface area (Å²) in [6.45, 7) is 0. The van der Waals surface area contributed by atoms with Gasteiger partial charge in [0.15, 0.2) is 0 Å². The van der Waals surface area contributed by atoms with E-state index >= 15 is 0 Å². The molecule has 5 heteroatoms. The Morgan fingerprint density at radius 3 is 1.48 bits per heavy atom. The van der Waals surface area contributed by atoms with Crippen molar-refractivity contribution in [1.82, 2.24) is 14.1 Å². The normalized spacial score (nSPS) is 12.1. The second-order valence-corrected chi connectivity index (χ2v) is 15.1. The SMILES string of the molecule is c1ccc(-n2c3ccccc3c3ccc4c(c5ccccc5n4-c4cc(-c5ccc6oc7ccccc7c6c5)nc(-c5ccc6oc7ccccc7c6c5)c4)c32)cc1. The van der Waals surface area contributed by atoms with Gasteiger partial charge < -0.3 is 18.0 Å². The van der Waals surface area contributed by atoms with Crippen molar-refractivity contribution in [3.05, 3.63) is 188 Å². The number of hydrogen-bond donors (Lipinski definition) is 0. The molecule has 13 rings (SSSR count). The molecule has 5 heterocycles. The van der Waals surface area contributed by atoms with Crippen LogP contribution in [0.1, 0.15) is 0 Å². The van der Waals surface area contributed by atoms with Crippen LogP contribution in [0.15, 0.2) is 197 Å². The number of aromatic nitrogens is 3. The summed E-state index contributed by atoms with van der Waals surface area (Å²) < 4.78 is 17.3. The standard InChI is InChI=1S/C53H31N3O2/c1-2-12-34(13-3-1)56-45-18-8-4-14-36(45)39-24-25-47-52(53(39)56)40-17-5-9-19-46(40)55(47)35-30-43(32-22-26-50-41(28-32)37-15-6-10-20-48(37)57-50)54-44(31-35)33-23-27-51-42(29-33)38-16-7-11-21-49(38)58-51/h1-31H. The molecular formula is C53H31N3O2. The molecule has 13 aromatic rings. The highest BCUT2D eigenvalue weighted by Crippen LogP contribution is 2.43. The van der Waals surface area contributed by atoms with Crippen molar-refractivity contribution in [2.24, 2.45) is 0 Å². The zero-order chi connectivity index (χ0) is 37.9. The van der Waals surface area contributed by atoms with Crippen LogP contribution in [-0.4, -0.2) is 14.1 Å². The molecule has 0 spiro atoms. The summed E-state index contributed by atoms with van der Waals surface area (Å²) in [7, 11) is 0. The third-order valence-electron chi connectivity index (χ3n) is 11.9. The average molecular weight is 742 g/mol. The number of furan rings is 2. The second kappa shape index (κ2) is 11.8. The summed E-state index contributed by atoms with van der Waals surface area (Å²) in [4.78, 5) is 5.44. The topological polar surface area (TPSA) is 49.0 Å². The van der Waals surface area contributed by atoms with E-state index in [4.69, 9.17) is 13.8 Å². The van der Waals surface area contributed by atoms with E-state index in [1.807, 2.05) is 24.3 Å². The van der Waals surface area contributed by atoms with Crippen LogP contribution in [0.4, 0.5) is 0 Å². The first-order valence-electron chi connectivity index (χ1n) is 19.6. The molecule has 5 aromatic heterocycles. The van der Waals surface area contributed by atoms with Crippen molar-refractivity contribution in [2.75, 3.05) is 0 Å². The molecule has 5 nitrogen and oxygen atoms in total. The van der Waals surface area contributed by atoms with Crippen LogP contribution in [0.2, 0.25) is 0 Å². The highest BCUT2D eigenvalue weighted by Gasteiger charge is 2.22. The van der Waals surface area contributed by atoms with Gasteiger partial charge in [-0.2, -0.15) is 0 Å². The van der Waals surface area contributed by atoms with Gasteiger partial charge >= 0.3 is 0 Å². The van der Waals surface area contributed by atoms with E-state index in [1.165, 1.54) is 32.6 Å². The molecule has 0 unspecified atom stereocenters. The molecule has 0 fully saturated rings. The molecular weight excluding hydrogens is 711 g/mol. The molecule has 0 saturated heterocycles. The van der Waals surface area contributed by atoms with Gasteiger partial charge in [0, 0.05) is 59.9 Å². The molecule has 0 radical (unpaired) electrons. The van der Waals surface area contributed by atoms with E-state index in [1.54, 1.807) is 0 Å². The lowest BCUT2D eigenvalue weighted by Crippen LogP contribution is -1.98. The van der Waals surface area contributed by atoms with Gasteiger partial charge in [-0.3, -0.25) is 0 Å². The maximum absolute atomic E-state index is 6.25. The van der Waals surface area contributed by atoms with Crippen LogP contribution in [0.5, 0.6) is 0 Å². The summed E-state index contributed by atoms with van der Waals surface area (Å²) in [6, 6.07) is 66.6. The first-order chi connectivity index (χ1) is 28.7. The highest BCUT2D eigenvalue weighted by atomic mass is 16.3. The Morgan fingerprint density at radius 2 is 0.845 bits per heavy atom. The first kappa shape index (κ1) is 31.3.